The van der Waals surface area contributed by atoms with Crippen molar-refractivity contribution in [1.29, 1.82) is 0 Å². The van der Waals surface area contributed by atoms with Crippen LogP contribution in [0.1, 0.15) is 25.2 Å². The predicted octanol–water partition coefficient (Wildman–Crippen LogP) is -0.158. The summed E-state index contributed by atoms with van der Waals surface area (Å²) in [6, 6.07) is -0.462. The van der Waals surface area contributed by atoms with Gasteiger partial charge in [0.15, 0.2) is 0 Å². The van der Waals surface area contributed by atoms with Gasteiger partial charge in [0.1, 0.15) is 15.7 Å². The van der Waals surface area contributed by atoms with E-state index in [0.717, 1.165) is 13.0 Å². The van der Waals surface area contributed by atoms with Gasteiger partial charge in [0.05, 0.1) is 11.8 Å². The van der Waals surface area contributed by atoms with Crippen LogP contribution in [0.25, 0.3) is 0 Å². The highest BCUT2D eigenvalue weighted by atomic mass is 32.2. The summed E-state index contributed by atoms with van der Waals surface area (Å²) in [6.45, 7) is 2.85. The van der Waals surface area contributed by atoms with Gasteiger partial charge in [-0.3, -0.25) is 5.84 Å². The maximum absolute atomic E-state index is 11.2. The van der Waals surface area contributed by atoms with Crippen molar-refractivity contribution in [2.75, 3.05) is 12.0 Å². The normalized spacial score (nSPS) is 13.9. The van der Waals surface area contributed by atoms with Crippen molar-refractivity contribution in [3.05, 3.63) is 18.2 Å². The Kier molecular flexibility index (Phi) is 4.45. The lowest BCUT2D eigenvalue weighted by Crippen LogP contribution is -2.35. The van der Waals surface area contributed by atoms with Crippen molar-refractivity contribution < 1.29 is 8.42 Å². The fraction of sp³-hybridized carbons (Fsp3) is 0.667. The molecular formula is C9H18N4O2S. The third-order valence-electron chi connectivity index (χ3n) is 2.19. The summed E-state index contributed by atoms with van der Waals surface area (Å²) in [4.78, 5) is 4.15. The van der Waals surface area contributed by atoms with E-state index >= 15 is 0 Å². The minimum absolute atomic E-state index is 0.0514. The summed E-state index contributed by atoms with van der Waals surface area (Å²) in [7, 11) is -3.09. The maximum Gasteiger partial charge on any atom is 0.149 e. The molecule has 0 bridgehead atoms. The Morgan fingerprint density at radius 3 is 2.81 bits per heavy atom. The second-order valence-corrected chi connectivity index (χ2v) is 5.98. The molecule has 1 atom stereocenters. The number of hydrogen-bond acceptors (Lipinski definition) is 5. The second-order valence-electron chi connectivity index (χ2n) is 3.79. The maximum atomic E-state index is 11.2. The number of nitrogens with two attached hydrogens (primary N) is 1. The first-order valence-corrected chi connectivity index (χ1v) is 7.19. The van der Waals surface area contributed by atoms with Crippen molar-refractivity contribution in [3.8, 4) is 0 Å². The first-order valence-electron chi connectivity index (χ1n) is 5.12. The van der Waals surface area contributed by atoms with Crippen LogP contribution in [0.3, 0.4) is 0 Å². The Morgan fingerprint density at radius 1 is 1.62 bits per heavy atom. The lowest BCUT2D eigenvalue weighted by molar-refractivity contribution is 0.513. The molecule has 92 valence electrons. The zero-order valence-electron chi connectivity index (χ0n) is 9.55. The van der Waals surface area contributed by atoms with Gasteiger partial charge in [-0.25, -0.2) is 18.8 Å². The van der Waals surface area contributed by atoms with Crippen molar-refractivity contribution in [1.82, 2.24) is 15.0 Å². The summed E-state index contributed by atoms with van der Waals surface area (Å²) < 4.78 is 24.4. The van der Waals surface area contributed by atoms with Crippen LogP contribution in [-0.4, -0.2) is 30.0 Å². The highest BCUT2D eigenvalue weighted by Gasteiger charge is 2.20. The van der Waals surface area contributed by atoms with E-state index in [0.29, 0.717) is 5.82 Å². The zero-order valence-corrected chi connectivity index (χ0v) is 10.4. The zero-order chi connectivity index (χ0) is 12.2. The SMILES string of the molecule is CCCn1ccnc1C(CS(C)(=O)=O)NN. The molecule has 1 aromatic rings. The Morgan fingerprint density at radius 2 is 2.31 bits per heavy atom. The minimum Gasteiger partial charge on any atom is -0.334 e. The minimum atomic E-state index is -3.09. The van der Waals surface area contributed by atoms with Crippen LogP contribution in [0.4, 0.5) is 0 Å². The molecule has 0 aliphatic rings. The molecule has 0 aliphatic carbocycles. The molecule has 0 saturated heterocycles. The Labute approximate surface area is 95.7 Å². The highest BCUT2D eigenvalue weighted by Crippen LogP contribution is 2.12. The number of aryl methyl sites for hydroxylation is 1. The van der Waals surface area contributed by atoms with Crippen LogP contribution >= 0.6 is 0 Å². The molecule has 0 aliphatic heterocycles. The Bertz CT molecular complexity index is 426. The summed E-state index contributed by atoms with van der Waals surface area (Å²) in [5.41, 5.74) is 2.50. The summed E-state index contributed by atoms with van der Waals surface area (Å²) in [5, 5.41) is 0. The average molecular weight is 246 g/mol. The lowest BCUT2D eigenvalue weighted by Gasteiger charge is -2.16. The number of rotatable bonds is 6. The number of hydrazine groups is 1. The summed E-state index contributed by atoms with van der Waals surface area (Å²) in [6.07, 6.45) is 5.62. The molecule has 16 heavy (non-hydrogen) atoms. The largest absolute Gasteiger partial charge is 0.334 e. The van der Waals surface area contributed by atoms with Gasteiger partial charge >= 0.3 is 0 Å². The number of hydrogen-bond donors (Lipinski definition) is 2. The standard InChI is InChI=1S/C9H18N4O2S/c1-3-5-13-6-4-11-9(13)8(12-10)7-16(2,14)15/h4,6,8,12H,3,5,7,10H2,1-2H3. The molecule has 0 saturated carbocycles. The third-order valence-corrected chi connectivity index (χ3v) is 3.13. The smallest absolute Gasteiger partial charge is 0.149 e. The first-order chi connectivity index (χ1) is 7.48. The van der Waals surface area contributed by atoms with E-state index in [1.165, 1.54) is 6.26 Å². The van der Waals surface area contributed by atoms with E-state index in [2.05, 4.69) is 10.4 Å². The van der Waals surface area contributed by atoms with Crippen molar-refractivity contribution >= 4 is 9.84 Å². The molecule has 3 N–H and O–H groups in total. The van der Waals surface area contributed by atoms with Gasteiger partial charge in [-0.2, -0.15) is 0 Å². The van der Waals surface area contributed by atoms with Gasteiger partial charge in [0, 0.05) is 25.2 Å². The van der Waals surface area contributed by atoms with E-state index in [-0.39, 0.29) is 5.75 Å². The quantitative estimate of drug-likeness (QED) is 0.538. The fourth-order valence-electron chi connectivity index (χ4n) is 1.56. The van der Waals surface area contributed by atoms with E-state index in [1.807, 2.05) is 17.7 Å². The fourth-order valence-corrected chi connectivity index (χ4v) is 2.41. The van der Waals surface area contributed by atoms with Gasteiger partial charge in [-0.05, 0) is 6.42 Å². The number of nitrogens with zero attached hydrogens (tertiary/aromatic N) is 2. The lowest BCUT2D eigenvalue weighted by atomic mass is 10.3. The van der Waals surface area contributed by atoms with Gasteiger partial charge in [-0.1, -0.05) is 6.92 Å². The van der Waals surface area contributed by atoms with Gasteiger partial charge < -0.3 is 4.57 Å². The van der Waals surface area contributed by atoms with Crippen LogP contribution in [0.2, 0.25) is 0 Å². The molecule has 0 aromatic carbocycles. The highest BCUT2D eigenvalue weighted by molar-refractivity contribution is 7.90. The predicted molar refractivity (Wildman–Crippen MR) is 62.3 cm³/mol. The van der Waals surface area contributed by atoms with Crippen LogP contribution in [0, 0.1) is 0 Å². The molecule has 0 spiro atoms. The van der Waals surface area contributed by atoms with E-state index in [9.17, 15) is 8.42 Å². The van der Waals surface area contributed by atoms with Crippen LogP contribution in [-0.2, 0) is 16.4 Å². The first kappa shape index (κ1) is 13.1. The Hall–Kier alpha value is -0.920. The molecule has 0 radical (unpaired) electrons. The van der Waals surface area contributed by atoms with Crippen molar-refractivity contribution in [3.63, 3.8) is 0 Å². The molecule has 7 heteroatoms. The Balaban J connectivity index is 2.90. The molecule has 0 fully saturated rings. The van der Waals surface area contributed by atoms with E-state index in [1.54, 1.807) is 6.20 Å². The molecular weight excluding hydrogens is 228 g/mol. The molecule has 1 heterocycles. The molecule has 1 aromatic heterocycles. The van der Waals surface area contributed by atoms with E-state index in [4.69, 9.17) is 5.84 Å². The number of aromatic nitrogens is 2. The second kappa shape index (κ2) is 5.42. The monoisotopic (exact) mass is 246 g/mol. The summed E-state index contributed by atoms with van der Waals surface area (Å²) >= 11 is 0. The topological polar surface area (TPSA) is 90.0 Å². The van der Waals surface area contributed by atoms with Gasteiger partial charge in [0.2, 0.25) is 0 Å². The number of imidazole rings is 1. The van der Waals surface area contributed by atoms with Crippen LogP contribution < -0.4 is 11.3 Å². The number of sulfone groups is 1. The van der Waals surface area contributed by atoms with Crippen molar-refractivity contribution in [2.45, 2.75) is 25.9 Å². The number of nitrogens with one attached hydrogen (secondary N) is 1. The van der Waals surface area contributed by atoms with Crippen LogP contribution in [0.5, 0.6) is 0 Å². The van der Waals surface area contributed by atoms with Gasteiger partial charge in [-0.15, -0.1) is 0 Å². The van der Waals surface area contributed by atoms with Gasteiger partial charge in [0.25, 0.3) is 0 Å². The van der Waals surface area contributed by atoms with Crippen LogP contribution in [0.15, 0.2) is 12.4 Å². The van der Waals surface area contributed by atoms with Crippen molar-refractivity contribution in [2.24, 2.45) is 5.84 Å². The molecule has 1 unspecified atom stereocenters. The molecule has 0 amide bonds. The van der Waals surface area contributed by atoms with E-state index < -0.39 is 15.9 Å². The summed E-state index contributed by atoms with van der Waals surface area (Å²) in [5.74, 6) is 5.98. The molecule has 6 nitrogen and oxygen atoms in total. The molecule has 1 rings (SSSR count). The third kappa shape index (κ3) is 3.58. The average Bonchev–Trinajstić information content (AvgIpc) is 2.61.